The van der Waals surface area contributed by atoms with Crippen LogP contribution >= 0.6 is 15.3 Å². The van der Waals surface area contributed by atoms with Crippen LogP contribution < -0.4 is 17.0 Å². The number of aliphatic hydroxyl groups is 1. The van der Waals surface area contributed by atoms with Crippen LogP contribution in [0.25, 0.3) is 22.3 Å². The van der Waals surface area contributed by atoms with Gasteiger partial charge in [-0.15, -0.1) is 0 Å². The van der Waals surface area contributed by atoms with Crippen LogP contribution in [-0.4, -0.2) is 113 Å². The molecule has 9 unspecified atom stereocenters. The van der Waals surface area contributed by atoms with E-state index in [1.54, 1.807) is 0 Å². The largest absolute Gasteiger partial charge is 0.472 e. The first kappa shape index (κ1) is 30.0. The lowest BCUT2D eigenvalue weighted by molar-refractivity contribution is -0.184. The Morgan fingerprint density at radius 1 is 1.00 bits per heavy atom. The van der Waals surface area contributed by atoms with E-state index in [-0.39, 0.29) is 29.5 Å². The van der Waals surface area contributed by atoms with E-state index >= 15 is 0 Å². The van der Waals surface area contributed by atoms with Crippen LogP contribution in [0.15, 0.2) is 23.8 Å². The smallest absolute Gasteiger partial charge is 0.387 e. The molecule has 4 fully saturated rings. The Morgan fingerprint density at radius 2 is 1.76 bits per heavy atom. The van der Waals surface area contributed by atoms with Gasteiger partial charge >= 0.3 is 7.82 Å². The molecule has 4 aliphatic heterocycles. The number of nitrogen functional groups attached to an aromatic ring is 2. The lowest BCUT2D eigenvalue weighted by Crippen LogP contribution is -2.46. The van der Waals surface area contributed by atoms with Gasteiger partial charge in [0.25, 0.3) is 20.6 Å². The van der Waals surface area contributed by atoms with Gasteiger partial charge < -0.3 is 44.7 Å². The third-order valence-electron chi connectivity index (χ3n) is 8.18. The molecule has 7 N–H and O–H groups in total. The highest BCUT2D eigenvalue weighted by Crippen LogP contribution is 2.58. The summed E-state index contributed by atoms with van der Waals surface area (Å²) >= 11 is 0. The summed E-state index contributed by atoms with van der Waals surface area (Å²) in [4.78, 5) is 46.1. The van der Waals surface area contributed by atoms with Crippen LogP contribution in [0.5, 0.6) is 0 Å². The van der Waals surface area contributed by atoms with Gasteiger partial charge in [0.2, 0.25) is 5.95 Å². The molecule has 0 spiro atoms. The fraction of sp³-hybridized carbons (Fsp3) is 0.524. The molecule has 244 valence electrons. The number of hydrogen-bond acceptors (Lipinski definition) is 18. The molecule has 0 aliphatic carbocycles. The minimum absolute atomic E-state index is 0.0618. The van der Waals surface area contributed by atoms with E-state index < -0.39 is 82.6 Å². The number of fused-ring (bicyclic) bond motifs is 4. The van der Waals surface area contributed by atoms with Crippen LogP contribution in [0.3, 0.4) is 0 Å². The van der Waals surface area contributed by atoms with Crippen LogP contribution in [0, 0.1) is 0 Å². The molecule has 4 saturated heterocycles. The van der Waals surface area contributed by atoms with Gasteiger partial charge in [-0.05, 0) is 0 Å². The first-order valence-corrected chi connectivity index (χ1v) is 17.2. The lowest BCUT2D eigenvalue weighted by Gasteiger charge is -2.32. The summed E-state index contributed by atoms with van der Waals surface area (Å²) in [6.45, 7) is -1.35. The van der Waals surface area contributed by atoms with E-state index in [0.29, 0.717) is 11.2 Å². The molecule has 10 atom stereocenters. The fourth-order valence-electron chi connectivity index (χ4n) is 6.08. The normalized spacial score (nSPS) is 39.7. The summed E-state index contributed by atoms with van der Waals surface area (Å²) in [5.74, 6) is -0.108. The van der Waals surface area contributed by atoms with E-state index in [2.05, 4.69) is 29.9 Å². The standard InChI is InChI=1S/C21H25BN10O12P2/c22-45(35)39-1-7-10(33)11(18(41-7)32-6-28-9-16(32)29-20(24)30-17(9)34)43-46(36,37)40-3-21-2-38-12(13(21)44-45)19(42-21)31-5-27-8-14(23)25-4-26-15(8)31/h4-7,10-13,18-19,33H,1-3,22H2,(H,36,37)(H2,23,25,26)(H3,24,29,30,34)/t7?,10?,11?,12?,13?,18?,19?,21?,45-/m1/s1. The monoisotopic (exact) mass is 682 g/mol. The van der Waals surface area contributed by atoms with Crippen molar-refractivity contribution in [3.8, 4) is 0 Å². The molecule has 22 nitrogen and oxygen atoms in total. The number of aromatic nitrogens is 8. The molecular weight excluding hydrogens is 657 g/mol. The zero-order valence-electron chi connectivity index (χ0n) is 23.6. The predicted octanol–water partition coefficient (Wildman–Crippen LogP) is -2.29. The molecule has 4 aromatic rings. The molecule has 4 aromatic heterocycles. The molecule has 0 amide bonds. The maximum atomic E-state index is 13.7. The molecule has 25 heteroatoms. The van der Waals surface area contributed by atoms with Crippen molar-refractivity contribution in [1.82, 2.24) is 39.0 Å². The van der Waals surface area contributed by atoms with Gasteiger partial charge in [-0.1, -0.05) is 0 Å². The van der Waals surface area contributed by atoms with Crippen molar-refractivity contribution in [3.63, 3.8) is 0 Å². The number of nitrogens with zero attached hydrogens (tertiary/aromatic N) is 7. The van der Waals surface area contributed by atoms with Crippen molar-refractivity contribution in [2.75, 3.05) is 31.3 Å². The van der Waals surface area contributed by atoms with Crippen molar-refractivity contribution in [1.29, 1.82) is 0 Å². The average molecular weight is 682 g/mol. The number of phosphoric ester groups is 1. The van der Waals surface area contributed by atoms with E-state index in [1.807, 2.05) is 0 Å². The number of anilines is 2. The lowest BCUT2D eigenvalue weighted by atomic mass is 10.0. The molecule has 0 radical (unpaired) electrons. The van der Waals surface area contributed by atoms with Crippen LogP contribution in [-0.2, 0) is 41.4 Å². The van der Waals surface area contributed by atoms with Crippen LogP contribution in [0.4, 0.5) is 11.8 Å². The van der Waals surface area contributed by atoms with Crippen molar-refractivity contribution in [2.24, 2.45) is 0 Å². The SMILES string of the molecule is B[P@@]1(=O)OCC2OC(n3cnc4c(=O)[nH]c(N)nc43)C(OP(=O)(O)OCC34COC(C(n5cnc6c(N)ncnc65)O3)C4O1)C2O. The first-order chi connectivity index (χ1) is 21.8. The van der Waals surface area contributed by atoms with Crippen molar-refractivity contribution in [3.05, 3.63) is 29.3 Å². The number of rotatable bonds is 2. The predicted molar refractivity (Wildman–Crippen MR) is 152 cm³/mol. The van der Waals surface area contributed by atoms with E-state index in [4.69, 9.17) is 43.8 Å². The first-order valence-electron chi connectivity index (χ1n) is 13.7. The number of phosphoric acid groups is 1. The molecule has 4 aliphatic rings. The summed E-state index contributed by atoms with van der Waals surface area (Å²) in [7, 11) is -7.82. The molecule has 0 aromatic carbocycles. The van der Waals surface area contributed by atoms with Gasteiger partial charge in [0.1, 0.15) is 48.0 Å². The highest BCUT2D eigenvalue weighted by molar-refractivity contribution is 7.79. The van der Waals surface area contributed by atoms with Crippen molar-refractivity contribution in [2.45, 2.75) is 48.6 Å². The van der Waals surface area contributed by atoms with Gasteiger partial charge in [-0.2, -0.15) is 4.98 Å². The number of aliphatic hydroxyl groups excluding tert-OH is 1. The number of nitrogens with one attached hydrogen (secondary N) is 1. The Bertz CT molecular complexity index is 2030. The van der Waals surface area contributed by atoms with Gasteiger partial charge in [0.15, 0.2) is 35.1 Å². The Labute approximate surface area is 256 Å². The summed E-state index contributed by atoms with van der Waals surface area (Å²) in [5, 5.41) is 11.2. The van der Waals surface area contributed by atoms with Crippen LogP contribution in [0.2, 0.25) is 0 Å². The van der Waals surface area contributed by atoms with Crippen molar-refractivity contribution < 1.29 is 51.4 Å². The topological polar surface area (TPSA) is 298 Å². The maximum absolute atomic E-state index is 13.7. The Hall–Kier alpha value is -3.34. The zero-order valence-corrected chi connectivity index (χ0v) is 25.3. The molecule has 8 rings (SSSR count). The highest BCUT2D eigenvalue weighted by atomic mass is 31.2. The minimum atomic E-state index is -5.04. The number of nitrogens with two attached hydrogens (primary N) is 2. The van der Waals surface area contributed by atoms with Gasteiger partial charge in [0, 0.05) is 0 Å². The van der Waals surface area contributed by atoms with Crippen molar-refractivity contribution >= 4 is 57.0 Å². The minimum Gasteiger partial charge on any atom is -0.387 e. The number of imidazole rings is 2. The van der Waals surface area contributed by atoms with Gasteiger partial charge in [-0.25, -0.2) is 24.5 Å². The van der Waals surface area contributed by atoms with Gasteiger partial charge in [0.05, 0.1) is 32.5 Å². The second-order valence-electron chi connectivity index (χ2n) is 11.2. The zero-order chi connectivity index (χ0) is 32.2. The fourth-order valence-corrected chi connectivity index (χ4v) is 8.26. The molecular formula is C21H25BN10O12P2. The number of ether oxygens (including phenoxy) is 3. The quantitative estimate of drug-likeness (QED) is 0.110. The average Bonchev–Trinajstić information content (AvgIpc) is 3.80. The Balaban J connectivity index is 1.14. The summed E-state index contributed by atoms with van der Waals surface area (Å²) < 4.78 is 70.7. The molecule has 46 heavy (non-hydrogen) atoms. The molecule has 0 saturated carbocycles. The second kappa shape index (κ2) is 10.3. The van der Waals surface area contributed by atoms with Crippen LogP contribution in [0.1, 0.15) is 12.5 Å². The Morgan fingerprint density at radius 3 is 2.57 bits per heavy atom. The molecule has 8 heterocycles. The van der Waals surface area contributed by atoms with E-state index in [1.165, 1.54) is 29.4 Å². The molecule has 4 bridgehead atoms. The summed E-state index contributed by atoms with van der Waals surface area (Å²) in [6, 6.07) is 0. The maximum Gasteiger partial charge on any atom is 0.472 e. The third-order valence-corrected chi connectivity index (χ3v) is 10.4. The third kappa shape index (κ3) is 4.70. The van der Waals surface area contributed by atoms with E-state index in [0.717, 1.165) is 6.33 Å². The number of aromatic amines is 1. The Kier molecular flexibility index (Phi) is 6.74. The summed E-state index contributed by atoms with van der Waals surface area (Å²) in [5.41, 5.74) is 9.82. The number of hydrogen-bond donors (Lipinski definition) is 5. The van der Waals surface area contributed by atoms with E-state index in [9.17, 15) is 23.9 Å². The highest BCUT2D eigenvalue weighted by Gasteiger charge is 2.65. The second-order valence-corrected chi connectivity index (χ2v) is 14.6. The summed E-state index contributed by atoms with van der Waals surface area (Å²) in [6.07, 6.45) is -5.15. The number of H-pyrrole nitrogens is 1. The van der Waals surface area contributed by atoms with Gasteiger partial charge in [-0.3, -0.25) is 32.5 Å².